The topological polar surface area (TPSA) is 126 Å². The van der Waals surface area contributed by atoms with E-state index in [1.807, 2.05) is 0 Å². The number of nitriles is 1. The molecule has 0 radical (unpaired) electrons. The van der Waals surface area contributed by atoms with Crippen molar-refractivity contribution >= 4 is 47.8 Å². The molecule has 3 aromatic carbocycles. The minimum absolute atomic E-state index is 0.0164. The average molecular weight is 656 g/mol. The van der Waals surface area contributed by atoms with Gasteiger partial charge in [0, 0.05) is 6.42 Å². The summed E-state index contributed by atoms with van der Waals surface area (Å²) in [6, 6.07) is 19.1. The van der Waals surface area contributed by atoms with Crippen LogP contribution in [0.5, 0.6) is 11.5 Å². The normalized spacial score (nSPS) is 19.5. The van der Waals surface area contributed by atoms with Crippen molar-refractivity contribution in [1.29, 1.82) is 5.26 Å². The molecule has 2 bridgehead atoms. The number of phenols is 1. The van der Waals surface area contributed by atoms with E-state index < -0.39 is 33.4 Å². The van der Waals surface area contributed by atoms with E-state index >= 15 is 0 Å². The van der Waals surface area contributed by atoms with E-state index in [1.165, 1.54) is 18.2 Å². The molecule has 0 spiro atoms. The quantitative estimate of drug-likeness (QED) is 0.150. The van der Waals surface area contributed by atoms with Gasteiger partial charge in [0.05, 0.1) is 6.10 Å². The number of amides is 1. The third kappa shape index (κ3) is 6.69. The van der Waals surface area contributed by atoms with E-state index in [0.717, 1.165) is 41.8 Å². The van der Waals surface area contributed by atoms with Crippen LogP contribution in [0, 0.1) is 16.0 Å². The molecule has 2 heterocycles. The molecule has 5 rings (SSSR count). The first-order valence-corrected chi connectivity index (χ1v) is 17.1. The Balaban J connectivity index is 1.37. The Morgan fingerprint density at radius 2 is 1.71 bits per heavy atom. The first-order valence-electron chi connectivity index (χ1n) is 13.5. The number of anilines is 1. The molecule has 42 heavy (non-hydrogen) atoms. The number of carbonyl (C=O) groups is 1. The Morgan fingerprint density at radius 1 is 1.02 bits per heavy atom. The van der Waals surface area contributed by atoms with Crippen molar-refractivity contribution in [3.63, 3.8) is 0 Å². The summed E-state index contributed by atoms with van der Waals surface area (Å²) in [5, 5.41) is 21.2. The third-order valence-corrected chi connectivity index (χ3v) is 10.2. The number of phenolic OH excluding ortho intramolecular Hbond substituents is 1. The molecule has 1 amide bonds. The molecule has 3 unspecified atom stereocenters. The van der Waals surface area contributed by atoms with Crippen molar-refractivity contribution in [2.45, 2.75) is 54.9 Å². The number of nitrogens with one attached hydrogen (secondary N) is 1. The van der Waals surface area contributed by atoms with E-state index in [9.17, 15) is 22.7 Å². The second kappa shape index (κ2) is 13.1. The summed E-state index contributed by atoms with van der Waals surface area (Å²) in [6.45, 7) is 0. The Labute approximate surface area is 250 Å². The van der Waals surface area contributed by atoms with Gasteiger partial charge in [-0.15, -0.1) is 0 Å². The van der Waals surface area contributed by atoms with E-state index in [-0.39, 0.29) is 38.8 Å². The summed E-state index contributed by atoms with van der Waals surface area (Å²) >= 11 is 0.0164. The fourth-order valence-corrected chi connectivity index (χ4v) is 7.68. The first-order chi connectivity index (χ1) is 20.3. The number of nitrogens with zero attached hydrogens (tertiary/aromatic N) is 1. The molecule has 3 atom stereocenters. The Morgan fingerprint density at radius 3 is 2.43 bits per heavy atom. The number of carbonyl (C=O) groups excluding carboxylic acids is 1. The molecule has 0 aliphatic carbocycles. The molecule has 0 saturated carbocycles. The van der Waals surface area contributed by atoms with Crippen molar-refractivity contribution in [3.05, 3.63) is 89.7 Å². The Bertz CT molecular complexity index is 1620. The van der Waals surface area contributed by atoms with Gasteiger partial charge in [-0.1, -0.05) is 24.3 Å². The molecule has 1 fully saturated rings. The van der Waals surface area contributed by atoms with Gasteiger partial charge in [0.2, 0.25) is 0 Å². The average Bonchev–Trinajstić information content (AvgIpc) is 3.57. The van der Waals surface area contributed by atoms with Crippen LogP contribution >= 0.6 is 0 Å². The zero-order valence-corrected chi connectivity index (χ0v) is 25.1. The summed E-state index contributed by atoms with van der Waals surface area (Å²) in [7, 11) is -4.27. The second-order valence-electron chi connectivity index (χ2n) is 10.1. The molecule has 1 saturated heterocycles. The van der Waals surface area contributed by atoms with Gasteiger partial charge in [0.25, 0.3) is 0 Å². The van der Waals surface area contributed by atoms with E-state index in [0.29, 0.717) is 23.2 Å². The van der Waals surface area contributed by atoms with Crippen molar-refractivity contribution in [2.24, 2.45) is 0 Å². The summed E-state index contributed by atoms with van der Waals surface area (Å²) in [4.78, 5) is 14.6. The fourth-order valence-electron chi connectivity index (χ4n) is 5.33. The van der Waals surface area contributed by atoms with Crippen LogP contribution in [-0.4, -0.2) is 51.8 Å². The van der Waals surface area contributed by atoms with Gasteiger partial charge in [-0.3, -0.25) is 0 Å². The van der Waals surface area contributed by atoms with Crippen molar-refractivity contribution < 1.29 is 31.6 Å². The summed E-state index contributed by atoms with van der Waals surface area (Å²) in [5.41, 5.74) is 3.59. The number of aromatic hydroxyl groups is 1. The zero-order chi connectivity index (χ0) is 29.7. The Kier molecular flexibility index (Phi) is 9.29. The number of hydrogen-bond donors (Lipinski definition) is 2. The van der Waals surface area contributed by atoms with Crippen LogP contribution in [0.4, 0.5) is 10.1 Å². The van der Waals surface area contributed by atoms with Gasteiger partial charge < -0.3 is 14.0 Å². The van der Waals surface area contributed by atoms with Crippen molar-refractivity contribution in [3.8, 4) is 16.5 Å². The number of fused-ring (bicyclic) bond motifs is 2. The number of para-hydroxylation sites is 1. The molecule has 0 aromatic heterocycles. The minimum atomic E-state index is -4.27. The molecule has 2 aliphatic heterocycles. The molecule has 218 valence electrons. The molecule has 3 aromatic rings. The SMILES string of the molecule is N#C[Se]CCCCCC(=O)Nc1ccc(C2=C(c3ccc(O)cc3)C3CC(S(=O)(=O)Oc4ccccc4F)C2O3)cc1. The molecule has 2 N–H and O–H groups in total. The number of ether oxygens (including phenoxy) is 1. The standard InChI is InChI=1S/C31H29FN2O6SSe/c32-24-6-3-4-7-25(24)40-41(37,38)27-18-26-29(20-11-15-23(35)16-12-20)30(31(27)39-26)21-9-13-22(14-10-21)34-28(36)8-2-1-5-17-42-19-33/h3-4,6-7,9-16,26-27,31,35H,1-2,5,8,17-18H2,(H,34,36). The zero-order valence-electron chi connectivity index (χ0n) is 22.5. The van der Waals surface area contributed by atoms with Crippen LogP contribution in [0.2, 0.25) is 5.32 Å². The summed E-state index contributed by atoms with van der Waals surface area (Å²) in [5.74, 6) is -1.14. The van der Waals surface area contributed by atoms with E-state index in [4.69, 9.17) is 14.2 Å². The predicted octanol–water partition coefficient (Wildman–Crippen LogP) is 5.49. The van der Waals surface area contributed by atoms with Crippen LogP contribution in [0.25, 0.3) is 11.1 Å². The summed E-state index contributed by atoms with van der Waals surface area (Å²) in [6.07, 6.45) is 1.70. The summed E-state index contributed by atoms with van der Waals surface area (Å²) < 4.78 is 52.4. The third-order valence-electron chi connectivity index (χ3n) is 7.28. The van der Waals surface area contributed by atoms with Gasteiger partial charge in [-0.2, -0.15) is 8.42 Å². The molecule has 8 nitrogen and oxygen atoms in total. The van der Waals surface area contributed by atoms with Gasteiger partial charge in [0.15, 0.2) is 11.6 Å². The van der Waals surface area contributed by atoms with E-state index in [2.05, 4.69) is 10.3 Å². The van der Waals surface area contributed by atoms with Crippen LogP contribution in [0.15, 0.2) is 72.8 Å². The van der Waals surface area contributed by atoms with E-state index in [1.54, 1.807) is 48.5 Å². The molecular weight excluding hydrogens is 626 g/mol. The van der Waals surface area contributed by atoms with Crippen LogP contribution < -0.4 is 9.50 Å². The monoisotopic (exact) mass is 656 g/mol. The number of halogens is 1. The fraction of sp³-hybridized carbons (Fsp3) is 0.290. The van der Waals surface area contributed by atoms with Gasteiger partial charge in [-0.25, -0.2) is 4.39 Å². The maximum atomic E-state index is 14.2. The molecule has 11 heteroatoms. The number of benzene rings is 3. The van der Waals surface area contributed by atoms with Gasteiger partial charge >= 0.3 is 123 Å². The number of unbranched alkanes of at least 4 members (excludes halogenated alkanes) is 2. The van der Waals surface area contributed by atoms with Crippen LogP contribution in [-0.2, 0) is 19.6 Å². The van der Waals surface area contributed by atoms with Crippen LogP contribution in [0.3, 0.4) is 0 Å². The predicted molar refractivity (Wildman–Crippen MR) is 158 cm³/mol. The molecular formula is C31H29FN2O6SSe. The Hall–Kier alpha value is -3.68. The van der Waals surface area contributed by atoms with Crippen LogP contribution in [0.1, 0.15) is 43.2 Å². The number of rotatable bonds is 12. The second-order valence-corrected chi connectivity index (χ2v) is 13.7. The van der Waals surface area contributed by atoms with Gasteiger partial charge in [-0.05, 0) is 35.4 Å². The first kappa shape index (κ1) is 29.8. The van der Waals surface area contributed by atoms with Crippen molar-refractivity contribution in [1.82, 2.24) is 0 Å². The number of hydrogen-bond acceptors (Lipinski definition) is 7. The van der Waals surface area contributed by atoms with Gasteiger partial charge in [0.1, 0.15) is 17.1 Å². The maximum absolute atomic E-state index is 14.2. The van der Waals surface area contributed by atoms with Crippen molar-refractivity contribution in [2.75, 3.05) is 5.32 Å². The molecule has 2 aliphatic rings.